The fourth-order valence-corrected chi connectivity index (χ4v) is 11.4. The highest BCUT2D eigenvalue weighted by Gasteiger charge is 2.51. The fraction of sp³-hybridized carbons (Fsp3) is 0.975. The minimum Gasteiger partial charge on any atom is -0.461 e. The molecule has 0 bridgehead atoms. The number of carbonyl (C=O) groups is 1. The molecule has 0 amide bonds. The van der Waals surface area contributed by atoms with E-state index in [-0.39, 0.29) is 5.60 Å². The van der Waals surface area contributed by atoms with E-state index >= 15 is 0 Å². The summed E-state index contributed by atoms with van der Waals surface area (Å²) in [4.78, 5) is 11.6. The van der Waals surface area contributed by atoms with Crippen molar-refractivity contribution in [3.63, 3.8) is 0 Å². The number of hydrogen-bond acceptors (Lipinski definition) is 2. The van der Waals surface area contributed by atoms with Gasteiger partial charge in [0.15, 0.2) is 0 Å². The van der Waals surface area contributed by atoms with Gasteiger partial charge in [-0.1, -0.05) is 124 Å². The van der Waals surface area contributed by atoms with Crippen LogP contribution in [0.15, 0.2) is 0 Å². The molecule has 42 heavy (non-hydrogen) atoms. The van der Waals surface area contributed by atoms with E-state index in [1.54, 1.807) is 0 Å². The Morgan fingerprint density at radius 2 is 1.26 bits per heavy atom. The van der Waals surface area contributed by atoms with E-state index in [4.69, 9.17) is 4.74 Å². The van der Waals surface area contributed by atoms with E-state index in [0.717, 1.165) is 49.4 Å². The van der Waals surface area contributed by atoms with Gasteiger partial charge in [-0.3, -0.25) is 4.79 Å². The van der Waals surface area contributed by atoms with Crippen molar-refractivity contribution in [2.45, 2.75) is 213 Å². The Morgan fingerprint density at radius 1 is 0.667 bits per heavy atom. The van der Waals surface area contributed by atoms with Gasteiger partial charge in [0.1, 0.15) is 5.60 Å². The monoisotopic (exact) mass is 585 g/mol. The number of hydrogen-bond donors (Lipinski definition) is 0. The van der Waals surface area contributed by atoms with E-state index in [9.17, 15) is 4.79 Å². The molecule has 4 rings (SSSR count). The molecule has 0 spiro atoms. The van der Waals surface area contributed by atoms with Crippen LogP contribution < -0.4 is 0 Å². The van der Waals surface area contributed by atoms with E-state index in [0.29, 0.717) is 10.8 Å². The fourth-order valence-electron chi connectivity index (χ4n) is 11.4. The van der Waals surface area contributed by atoms with Gasteiger partial charge in [-0.05, 0) is 118 Å². The summed E-state index contributed by atoms with van der Waals surface area (Å²) in [7, 11) is 0. The van der Waals surface area contributed by atoms with Crippen molar-refractivity contribution in [1.82, 2.24) is 0 Å². The summed E-state index contributed by atoms with van der Waals surface area (Å²) >= 11 is 0. The van der Waals surface area contributed by atoms with Gasteiger partial charge in [-0.2, -0.15) is 0 Å². The van der Waals surface area contributed by atoms with Crippen molar-refractivity contribution in [3.05, 3.63) is 0 Å². The summed E-state index contributed by atoms with van der Waals surface area (Å²) in [5, 5.41) is 0. The predicted octanol–water partition coefficient (Wildman–Crippen LogP) is 12.8. The molecule has 0 aliphatic heterocycles. The Kier molecular flexibility index (Phi) is 14.1. The topological polar surface area (TPSA) is 26.3 Å². The summed E-state index contributed by atoms with van der Waals surface area (Å²) in [6.45, 7) is 8.14. The lowest BCUT2D eigenvalue weighted by atomic mass is 9.50. The van der Waals surface area contributed by atoms with E-state index < -0.39 is 0 Å². The molecule has 4 aliphatic rings. The van der Waals surface area contributed by atoms with Gasteiger partial charge in [0, 0.05) is 0 Å². The first kappa shape index (κ1) is 34.3. The molecule has 0 saturated heterocycles. The Balaban J connectivity index is 1.41. The SMILES string of the molecule is CCCCCC[C@H]1CC[C@H](C2(CC(C)C3([C@H]4CC[C@@](CCCCCC)(OC=O)CC4)CCCCC3)CCCCC2)CC1. The third-order valence-corrected chi connectivity index (χ3v) is 14.0. The van der Waals surface area contributed by atoms with Crippen LogP contribution in [0.2, 0.25) is 0 Å². The normalized spacial score (nSPS) is 32.2. The van der Waals surface area contributed by atoms with Crippen molar-refractivity contribution in [1.29, 1.82) is 0 Å². The van der Waals surface area contributed by atoms with Crippen LogP contribution in [-0.4, -0.2) is 12.1 Å². The second-order valence-electron chi connectivity index (χ2n) is 16.4. The first-order chi connectivity index (χ1) is 20.5. The molecule has 4 saturated carbocycles. The molecule has 0 radical (unpaired) electrons. The summed E-state index contributed by atoms with van der Waals surface area (Å²) < 4.78 is 5.96. The average molecular weight is 585 g/mol. The van der Waals surface area contributed by atoms with Crippen LogP contribution in [0.5, 0.6) is 0 Å². The van der Waals surface area contributed by atoms with Gasteiger partial charge in [-0.15, -0.1) is 0 Å². The molecular formula is C40H72O2. The highest BCUT2D eigenvalue weighted by Crippen LogP contribution is 2.60. The zero-order chi connectivity index (χ0) is 29.7. The smallest absolute Gasteiger partial charge is 0.293 e. The van der Waals surface area contributed by atoms with Gasteiger partial charge in [0.25, 0.3) is 6.47 Å². The third kappa shape index (κ3) is 8.80. The Labute approximate surface area is 262 Å². The number of carbonyl (C=O) groups excluding carboxylic acids is 1. The van der Waals surface area contributed by atoms with Crippen molar-refractivity contribution in [2.75, 3.05) is 0 Å². The second kappa shape index (κ2) is 17.2. The van der Waals surface area contributed by atoms with E-state index in [1.807, 2.05) is 0 Å². The van der Waals surface area contributed by atoms with E-state index in [1.165, 1.54) is 167 Å². The minimum absolute atomic E-state index is 0.162. The molecule has 0 aromatic heterocycles. The highest BCUT2D eigenvalue weighted by atomic mass is 16.5. The number of unbranched alkanes of at least 4 members (excludes halogenated alkanes) is 6. The summed E-state index contributed by atoms with van der Waals surface area (Å²) in [6.07, 6.45) is 40.7. The van der Waals surface area contributed by atoms with Crippen LogP contribution in [0, 0.1) is 34.5 Å². The molecule has 2 nitrogen and oxygen atoms in total. The predicted molar refractivity (Wildman–Crippen MR) is 180 cm³/mol. The standard InChI is InChI=1S/C40H72O2/c1-4-6-8-12-18-35-19-21-36(22-20-35)38(25-13-10-14-26-38)32-34(3)40(28-16-11-17-29-40)37-23-30-39(31-24-37,42-33-41)27-15-9-7-5-2/h33-37H,4-32H2,1-3H3/t34?,35-,36-,37-,39+. The quantitative estimate of drug-likeness (QED) is 0.125. The molecule has 1 atom stereocenters. The first-order valence-corrected chi connectivity index (χ1v) is 19.6. The minimum atomic E-state index is -0.162. The molecule has 4 fully saturated rings. The van der Waals surface area contributed by atoms with Gasteiger partial charge < -0.3 is 4.74 Å². The molecule has 0 aromatic rings. The number of rotatable bonds is 17. The summed E-state index contributed by atoms with van der Waals surface area (Å²) in [5.74, 6) is 3.71. The lowest BCUT2D eigenvalue weighted by molar-refractivity contribution is -0.152. The average Bonchev–Trinajstić information content (AvgIpc) is 3.03. The van der Waals surface area contributed by atoms with Gasteiger partial charge in [-0.25, -0.2) is 0 Å². The Morgan fingerprint density at radius 3 is 1.86 bits per heavy atom. The van der Waals surface area contributed by atoms with Gasteiger partial charge >= 0.3 is 0 Å². The molecule has 4 aliphatic carbocycles. The van der Waals surface area contributed by atoms with Gasteiger partial charge in [0.05, 0.1) is 0 Å². The van der Waals surface area contributed by atoms with Crippen molar-refractivity contribution in [3.8, 4) is 0 Å². The lowest BCUT2D eigenvalue weighted by Gasteiger charge is -2.55. The molecule has 0 heterocycles. The number of ether oxygens (including phenoxy) is 1. The molecule has 0 N–H and O–H groups in total. The zero-order valence-electron chi connectivity index (χ0n) is 28.7. The van der Waals surface area contributed by atoms with Crippen LogP contribution in [-0.2, 0) is 9.53 Å². The summed E-state index contributed by atoms with van der Waals surface area (Å²) in [5.41, 5.74) is 1.01. The van der Waals surface area contributed by atoms with Crippen molar-refractivity contribution in [2.24, 2.45) is 34.5 Å². The van der Waals surface area contributed by atoms with Crippen LogP contribution in [0.3, 0.4) is 0 Å². The van der Waals surface area contributed by atoms with Crippen LogP contribution >= 0.6 is 0 Å². The second-order valence-corrected chi connectivity index (χ2v) is 16.4. The van der Waals surface area contributed by atoms with Crippen LogP contribution in [0.1, 0.15) is 207 Å². The van der Waals surface area contributed by atoms with Crippen molar-refractivity contribution >= 4 is 6.47 Å². The molecule has 1 unspecified atom stereocenters. The van der Waals surface area contributed by atoms with Crippen LogP contribution in [0.25, 0.3) is 0 Å². The lowest BCUT2D eigenvalue weighted by Crippen LogP contribution is -2.47. The maximum absolute atomic E-state index is 11.6. The van der Waals surface area contributed by atoms with Gasteiger partial charge in [0.2, 0.25) is 0 Å². The van der Waals surface area contributed by atoms with Crippen molar-refractivity contribution < 1.29 is 9.53 Å². The van der Waals surface area contributed by atoms with Crippen LogP contribution in [0.4, 0.5) is 0 Å². The maximum atomic E-state index is 11.6. The Hall–Kier alpha value is -0.530. The molecule has 244 valence electrons. The largest absolute Gasteiger partial charge is 0.461 e. The third-order valence-electron chi connectivity index (χ3n) is 14.0. The van der Waals surface area contributed by atoms with E-state index in [2.05, 4.69) is 20.8 Å². The first-order valence-electron chi connectivity index (χ1n) is 19.6. The zero-order valence-corrected chi connectivity index (χ0v) is 28.7. The molecular weight excluding hydrogens is 512 g/mol. The Bertz CT molecular complexity index is 729. The maximum Gasteiger partial charge on any atom is 0.293 e. The highest BCUT2D eigenvalue weighted by molar-refractivity contribution is 5.38. The summed E-state index contributed by atoms with van der Waals surface area (Å²) in [6, 6.07) is 0. The molecule has 0 aromatic carbocycles. The molecule has 2 heteroatoms.